The first kappa shape index (κ1) is 16.3. The van der Waals surface area contributed by atoms with Crippen LogP contribution in [0.3, 0.4) is 0 Å². The van der Waals surface area contributed by atoms with E-state index < -0.39 is 6.10 Å². The summed E-state index contributed by atoms with van der Waals surface area (Å²) in [5.41, 5.74) is 0.942. The molecule has 5 nitrogen and oxygen atoms in total. The number of carbonyl (C=O) groups excluding carboxylic acids is 2. The second-order valence-electron chi connectivity index (χ2n) is 6.14. The van der Waals surface area contributed by atoms with Gasteiger partial charge in [0.05, 0.1) is 17.7 Å². The standard InChI is InChI=1S/C17H22N2O3S/c20-15(10-19-12-23-11-16(19)21)18-8-6-14(7-9-18)17(22)13-4-2-1-3-5-13/h1-5,14,17,22H,6-12H2/t17-/m1/s1. The lowest BCUT2D eigenvalue weighted by atomic mass is 9.87. The molecule has 0 unspecified atom stereocenters. The third kappa shape index (κ3) is 3.87. The topological polar surface area (TPSA) is 60.9 Å². The molecule has 3 rings (SSSR count). The van der Waals surface area contributed by atoms with Crippen LogP contribution in [0.1, 0.15) is 24.5 Å². The maximum atomic E-state index is 12.3. The monoisotopic (exact) mass is 334 g/mol. The zero-order chi connectivity index (χ0) is 16.2. The van der Waals surface area contributed by atoms with Crippen LogP contribution in [0.4, 0.5) is 0 Å². The Morgan fingerprint density at radius 3 is 2.57 bits per heavy atom. The van der Waals surface area contributed by atoms with Crippen molar-refractivity contribution < 1.29 is 14.7 Å². The second-order valence-corrected chi connectivity index (χ2v) is 7.10. The minimum atomic E-state index is -0.468. The number of aliphatic hydroxyl groups excluding tert-OH is 1. The van der Waals surface area contributed by atoms with E-state index in [1.54, 1.807) is 16.7 Å². The lowest BCUT2D eigenvalue weighted by Gasteiger charge is -2.35. The molecule has 0 radical (unpaired) electrons. The Labute approximate surface area is 140 Å². The van der Waals surface area contributed by atoms with Crippen LogP contribution < -0.4 is 0 Å². The third-order valence-electron chi connectivity index (χ3n) is 4.63. The largest absolute Gasteiger partial charge is 0.388 e. The minimum Gasteiger partial charge on any atom is -0.388 e. The summed E-state index contributed by atoms with van der Waals surface area (Å²) in [7, 11) is 0. The maximum Gasteiger partial charge on any atom is 0.242 e. The van der Waals surface area contributed by atoms with E-state index in [0.717, 1.165) is 18.4 Å². The summed E-state index contributed by atoms with van der Waals surface area (Å²) >= 11 is 1.55. The van der Waals surface area contributed by atoms with E-state index >= 15 is 0 Å². The number of amides is 2. The molecule has 2 saturated heterocycles. The van der Waals surface area contributed by atoms with Gasteiger partial charge in [0.15, 0.2) is 0 Å². The summed E-state index contributed by atoms with van der Waals surface area (Å²) in [5, 5.41) is 10.5. The zero-order valence-electron chi connectivity index (χ0n) is 13.1. The maximum absolute atomic E-state index is 12.3. The Morgan fingerprint density at radius 2 is 1.96 bits per heavy atom. The van der Waals surface area contributed by atoms with Crippen molar-refractivity contribution in [3.05, 3.63) is 35.9 Å². The molecule has 0 aliphatic carbocycles. The molecule has 0 saturated carbocycles. The molecule has 0 spiro atoms. The van der Waals surface area contributed by atoms with Crippen molar-refractivity contribution in [2.24, 2.45) is 5.92 Å². The van der Waals surface area contributed by atoms with Crippen molar-refractivity contribution in [2.45, 2.75) is 18.9 Å². The van der Waals surface area contributed by atoms with E-state index in [4.69, 9.17) is 0 Å². The molecule has 2 aliphatic heterocycles. The molecule has 2 heterocycles. The van der Waals surface area contributed by atoms with Gasteiger partial charge in [-0.3, -0.25) is 9.59 Å². The fourth-order valence-corrected chi connectivity index (χ4v) is 4.09. The van der Waals surface area contributed by atoms with Crippen LogP contribution in [-0.4, -0.2) is 58.0 Å². The number of hydrogen-bond donors (Lipinski definition) is 1. The molecule has 2 fully saturated rings. The Kier molecular flexibility index (Phi) is 5.23. The second kappa shape index (κ2) is 7.36. The number of hydrogen-bond acceptors (Lipinski definition) is 4. The van der Waals surface area contributed by atoms with Gasteiger partial charge in [0.2, 0.25) is 11.8 Å². The van der Waals surface area contributed by atoms with Crippen LogP contribution >= 0.6 is 11.8 Å². The molecule has 2 aliphatic rings. The van der Waals surface area contributed by atoms with Gasteiger partial charge in [-0.2, -0.15) is 0 Å². The Hall–Kier alpha value is -1.53. The summed E-state index contributed by atoms with van der Waals surface area (Å²) in [6.07, 6.45) is 1.12. The van der Waals surface area contributed by atoms with Gasteiger partial charge in [0.1, 0.15) is 6.54 Å². The van der Waals surface area contributed by atoms with Gasteiger partial charge in [-0.25, -0.2) is 0 Å². The molecule has 1 aromatic rings. The van der Waals surface area contributed by atoms with Crippen molar-refractivity contribution in [1.82, 2.24) is 9.80 Å². The number of carbonyl (C=O) groups is 2. The van der Waals surface area contributed by atoms with Gasteiger partial charge < -0.3 is 14.9 Å². The fourth-order valence-electron chi connectivity index (χ4n) is 3.19. The first-order valence-electron chi connectivity index (χ1n) is 8.01. The van der Waals surface area contributed by atoms with E-state index in [1.807, 2.05) is 35.2 Å². The molecule has 2 amide bonds. The summed E-state index contributed by atoms with van der Waals surface area (Å²) in [6.45, 7) is 1.50. The van der Waals surface area contributed by atoms with E-state index in [9.17, 15) is 14.7 Å². The molecule has 0 aromatic heterocycles. The lowest BCUT2D eigenvalue weighted by molar-refractivity contribution is -0.139. The minimum absolute atomic E-state index is 0.0218. The van der Waals surface area contributed by atoms with Crippen LogP contribution in [0, 0.1) is 5.92 Å². The SMILES string of the molecule is O=C(CN1CSCC1=O)N1CCC([C@H](O)c2ccccc2)CC1. The molecule has 1 N–H and O–H groups in total. The average Bonchev–Trinajstić information content (AvgIpc) is 3.00. The Morgan fingerprint density at radius 1 is 1.26 bits per heavy atom. The molecule has 23 heavy (non-hydrogen) atoms. The summed E-state index contributed by atoms with van der Waals surface area (Å²) in [6, 6.07) is 9.69. The van der Waals surface area contributed by atoms with Crippen molar-refractivity contribution in [1.29, 1.82) is 0 Å². The first-order valence-corrected chi connectivity index (χ1v) is 9.17. The summed E-state index contributed by atoms with van der Waals surface area (Å²) in [4.78, 5) is 27.3. The first-order chi connectivity index (χ1) is 11.1. The summed E-state index contributed by atoms with van der Waals surface area (Å²) < 4.78 is 0. The Balaban J connectivity index is 1.50. The highest BCUT2D eigenvalue weighted by Crippen LogP contribution is 2.30. The molecule has 6 heteroatoms. The number of rotatable bonds is 4. The fraction of sp³-hybridized carbons (Fsp3) is 0.529. The molecule has 1 aromatic carbocycles. The van der Waals surface area contributed by atoms with Gasteiger partial charge in [-0.15, -0.1) is 11.8 Å². The van der Waals surface area contributed by atoms with Crippen molar-refractivity contribution in [2.75, 3.05) is 31.3 Å². The van der Waals surface area contributed by atoms with Crippen LogP contribution in [0.25, 0.3) is 0 Å². The van der Waals surface area contributed by atoms with E-state index in [1.165, 1.54) is 0 Å². The number of benzene rings is 1. The zero-order valence-corrected chi connectivity index (χ0v) is 13.9. The molecule has 124 valence electrons. The number of thioether (sulfide) groups is 1. The lowest BCUT2D eigenvalue weighted by Crippen LogP contribution is -2.45. The van der Waals surface area contributed by atoms with Gasteiger partial charge >= 0.3 is 0 Å². The van der Waals surface area contributed by atoms with Crippen LogP contribution in [0.5, 0.6) is 0 Å². The predicted molar refractivity (Wildman–Crippen MR) is 89.7 cm³/mol. The van der Waals surface area contributed by atoms with Gasteiger partial charge in [-0.05, 0) is 24.3 Å². The van der Waals surface area contributed by atoms with Crippen molar-refractivity contribution in [3.63, 3.8) is 0 Å². The quantitative estimate of drug-likeness (QED) is 0.906. The van der Waals surface area contributed by atoms with Gasteiger partial charge in [0, 0.05) is 13.1 Å². The van der Waals surface area contributed by atoms with Crippen LogP contribution in [0.2, 0.25) is 0 Å². The van der Waals surface area contributed by atoms with E-state index in [2.05, 4.69) is 0 Å². The number of aliphatic hydroxyl groups is 1. The van der Waals surface area contributed by atoms with Crippen LogP contribution in [0.15, 0.2) is 30.3 Å². The van der Waals surface area contributed by atoms with Crippen molar-refractivity contribution in [3.8, 4) is 0 Å². The highest BCUT2D eigenvalue weighted by Gasteiger charge is 2.30. The Bertz CT molecular complexity index is 558. The number of nitrogens with zero attached hydrogens (tertiary/aromatic N) is 2. The van der Waals surface area contributed by atoms with Gasteiger partial charge in [0.25, 0.3) is 0 Å². The van der Waals surface area contributed by atoms with E-state index in [0.29, 0.717) is 24.7 Å². The summed E-state index contributed by atoms with van der Waals surface area (Å²) in [5.74, 6) is 1.36. The number of likely N-dealkylation sites (tertiary alicyclic amines) is 1. The van der Waals surface area contributed by atoms with Crippen molar-refractivity contribution >= 4 is 23.6 Å². The number of piperidine rings is 1. The van der Waals surface area contributed by atoms with Crippen LogP contribution in [-0.2, 0) is 9.59 Å². The molecule has 1 atom stereocenters. The third-order valence-corrected chi connectivity index (χ3v) is 5.58. The highest BCUT2D eigenvalue weighted by atomic mass is 32.2. The molecular weight excluding hydrogens is 312 g/mol. The molecular formula is C17H22N2O3S. The average molecular weight is 334 g/mol. The highest BCUT2D eigenvalue weighted by molar-refractivity contribution is 8.00. The van der Waals surface area contributed by atoms with Gasteiger partial charge in [-0.1, -0.05) is 30.3 Å². The molecule has 0 bridgehead atoms. The smallest absolute Gasteiger partial charge is 0.242 e. The normalized spacial score (nSPS) is 20.8. The predicted octanol–water partition coefficient (Wildman–Crippen LogP) is 1.49. The van der Waals surface area contributed by atoms with E-state index in [-0.39, 0.29) is 24.3 Å².